The molecule has 0 aromatic carbocycles. The first kappa shape index (κ1) is 10.6. The van der Waals surface area contributed by atoms with Gasteiger partial charge in [0.1, 0.15) is 5.15 Å². The molecule has 1 saturated carbocycles. The summed E-state index contributed by atoms with van der Waals surface area (Å²) in [5, 5.41) is 0.236. The van der Waals surface area contributed by atoms with Gasteiger partial charge in [0, 0.05) is 0 Å². The van der Waals surface area contributed by atoms with Crippen molar-refractivity contribution in [3.05, 3.63) is 17.5 Å². The van der Waals surface area contributed by atoms with Crippen LogP contribution in [0.5, 0.6) is 0 Å². The third-order valence-corrected chi connectivity index (χ3v) is 3.66. The number of aromatic nitrogens is 2. The molecular weight excluding hydrogens is 238 g/mol. The Morgan fingerprint density at radius 3 is 2.67 bits per heavy atom. The van der Waals surface area contributed by atoms with E-state index in [2.05, 4.69) is 14.7 Å². The van der Waals surface area contributed by atoms with E-state index in [9.17, 15) is 8.42 Å². The molecule has 0 spiro atoms. The number of sulfonamides is 1. The third-order valence-electron chi connectivity index (χ3n) is 2.03. The Labute approximate surface area is 92.9 Å². The van der Waals surface area contributed by atoms with Gasteiger partial charge in [0.25, 0.3) is 0 Å². The largest absolute Gasteiger partial charge is 0.266 e. The maximum Gasteiger partial charge on any atom is 0.234 e. The number of rotatable bonds is 4. The van der Waals surface area contributed by atoms with Crippen LogP contribution >= 0.6 is 11.6 Å². The first-order valence-electron chi connectivity index (χ1n) is 4.53. The van der Waals surface area contributed by atoms with Gasteiger partial charge in [-0.15, -0.1) is 0 Å². The minimum absolute atomic E-state index is 0.164. The summed E-state index contributed by atoms with van der Waals surface area (Å²) < 4.78 is 25.4. The number of hydrogen-bond acceptors (Lipinski definition) is 4. The van der Waals surface area contributed by atoms with Crippen LogP contribution in [0.15, 0.2) is 12.4 Å². The summed E-state index contributed by atoms with van der Waals surface area (Å²) in [6.07, 6.45) is 4.59. The van der Waals surface area contributed by atoms with Crippen molar-refractivity contribution in [2.45, 2.75) is 12.8 Å². The predicted octanol–water partition coefficient (Wildman–Crippen LogP) is 1.28. The van der Waals surface area contributed by atoms with Crippen LogP contribution in [0.1, 0.15) is 12.8 Å². The zero-order chi connectivity index (χ0) is 10.9. The molecule has 1 N–H and O–H groups in total. The van der Waals surface area contributed by atoms with Gasteiger partial charge in [0.05, 0.1) is 18.1 Å². The molecule has 82 valence electrons. The Balaban J connectivity index is 2.03. The molecule has 7 heteroatoms. The molecule has 1 aromatic rings. The van der Waals surface area contributed by atoms with Crippen molar-refractivity contribution < 1.29 is 8.42 Å². The van der Waals surface area contributed by atoms with E-state index in [0.717, 1.165) is 12.8 Å². The van der Waals surface area contributed by atoms with Crippen LogP contribution in [0.25, 0.3) is 0 Å². The highest BCUT2D eigenvalue weighted by Crippen LogP contribution is 2.30. The highest BCUT2D eigenvalue weighted by molar-refractivity contribution is 7.92. The molecule has 2 rings (SSSR count). The van der Waals surface area contributed by atoms with E-state index in [4.69, 9.17) is 11.6 Å². The summed E-state index contributed by atoms with van der Waals surface area (Å²) in [7, 11) is -3.28. The van der Waals surface area contributed by atoms with Crippen LogP contribution in [0.2, 0.25) is 5.15 Å². The fourth-order valence-corrected chi connectivity index (χ4v) is 2.72. The molecule has 0 bridgehead atoms. The van der Waals surface area contributed by atoms with Crippen LogP contribution in [0, 0.1) is 5.92 Å². The number of halogens is 1. The SMILES string of the molecule is O=S(=O)(CC1CC1)Nc1cnc(Cl)cn1. The van der Waals surface area contributed by atoms with Gasteiger partial charge in [-0.25, -0.2) is 18.4 Å². The first-order valence-corrected chi connectivity index (χ1v) is 6.56. The topological polar surface area (TPSA) is 72.0 Å². The molecule has 0 saturated heterocycles. The fourth-order valence-electron chi connectivity index (χ4n) is 1.16. The lowest BCUT2D eigenvalue weighted by Crippen LogP contribution is -2.18. The number of anilines is 1. The van der Waals surface area contributed by atoms with E-state index in [1.807, 2.05) is 0 Å². The van der Waals surface area contributed by atoms with Crippen molar-refractivity contribution >= 4 is 27.4 Å². The Hall–Kier alpha value is -0.880. The van der Waals surface area contributed by atoms with Crippen molar-refractivity contribution in [3.63, 3.8) is 0 Å². The first-order chi connectivity index (χ1) is 7.05. The second-order valence-corrected chi connectivity index (χ2v) is 5.71. The molecule has 1 aliphatic rings. The summed E-state index contributed by atoms with van der Waals surface area (Å²) in [5.41, 5.74) is 0. The van der Waals surface area contributed by atoms with Crippen LogP contribution in [0.3, 0.4) is 0 Å². The fraction of sp³-hybridized carbons (Fsp3) is 0.500. The number of nitrogens with zero attached hydrogens (tertiary/aromatic N) is 2. The zero-order valence-electron chi connectivity index (χ0n) is 7.85. The van der Waals surface area contributed by atoms with E-state index in [1.54, 1.807) is 0 Å². The Kier molecular flexibility index (Phi) is 2.79. The predicted molar refractivity (Wildman–Crippen MR) is 57.2 cm³/mol. The van der Waals surface area contributed by atoms with E-state index in [0.29, 0.717) is 5.92 Å². The lowest BCUT2D eigenvalue weighted by Gasteiger charge is -2.05. The van der Waals surface area contributed by atoms with Crippen LogP contribution in [-0.4, -0.2) is 24.1 Å². The van der Waals surface area contributed by atoms with Crippen molar-refractivity contribution in [1.29, 1.82) is 0 Å². The van der Waals surface area contributed by atoms with Crippen molar-refractivity contribution in [3.8, 4) is 0 Å². The molecule has 1 fully saturated rings. The molecule has 0 aliphatic heterocycles. The molecule has 1 heterocycles. The summed E-state index contributed by atoms with van der Waals surface area (Å²) in [5.74, 6) is 0.680. The number of hydrogen-bond donors (Lipinski definition) is 1. The molecule has 0 unspecified atom stereocenters. The Morgan fingerprint density at radius 2 is 2.13 bits per heavy atom. The van der Waals surface area contributed by atoms with Gasteiger partial charge >= 0.3 is 0 Å². The molecule has 0 radical (unpaired) electrons. The minimum atomic E-state index is -3.28. The second-order valence-electron chi connectivity index (χ2n) is 3.55. The Morgan fingerprint density at radius 1 is 1.40 bits per heavy atom. The van der Waals surface area contributed by atoms with Gasteiger partial charge in [-0.05, 0) is 18.8 Å². The molecule has 15 heavy (non-hydrogen) atoms. The normalized spacial score (nSPS) is 16.3. The van der Waals surface area contributed by atoms with Gasteiger partial charge < -0.3 is 0 Å². The van der Waals surface area contributed by atoms with E-state index in [1.165, 1.54) is 12.4 Å². The lowest BCUT2D eigenvalue weighted by atomic mass is 10.5. The van der Waals surface area contributed by atoms with Gasteiger partial charge in [0.15, 0.2) is 5.82 Å². The molecule has 1 aromatic heterocycles. The monoisotopic (exact) mass is 247 g/mol. The maximum atomic E-state index is 11.5. The standard InChI is InChI=1S/C8H10ClN3O2S/c9-7-3-11-8(4-10-7)12-15(13,14)5-6-1-2-6/h3-4,6H,1-2,5H2,(H,11,12). The average Bonchev–Trinajstić information content (AvgIpc) is 2.91. The molecule has 0 amide bonds. The van der Waals surface area contributed by atoms with E-state index in [-0.39, 0.29) is 16.7 Å². The second kappa shape index (κ2) is 3.94. The van der Waals surface area contributed by atoms with Crippen LogP contribution < -0.4 is 4.72 Å². The summed E-state index contributed by atoms with van der Waals surface area (Å²) in [6, 6.07) is 0. The van der Waals surface area contributed by atoms with Crippen molar-refractivity contribution in [1.82, 2.24) is 9.97 Å². The Bertz CT molecular complexity index is 441. The van der Waals surface area contributed by atoms with Crippen LogP contribution in [-0.2, 0) is 10.0 Å². The van der Waals surface area contributed by atoms with E-state index < -0.39 is 10.0 Å². The van der Waals surface area contributed by atoms with Gasteiger partial charge in [-0.1, -0.05) is 11.6 Å². The molecule has 0 atom stereocenters. The molecule has 5 nitrogen and oxygen atoms in total. The highest BCUT2D eigenvalue weighted by Gasteiger charge is 2.28. The smallest absolute Gasteiger partial charge is 0.234 e. The quantitative estimate of drug-likeness (QED) is 0.870. The highest BCUT2D eigenvalue weighted by atomic mass is 35.5. The summed E-state index contributed by atoms with van der Waals surface area (Å²) in [6.45, 7) is 0. The number of nitrogens with one attached hydrogen (secondary N) is 1. The summed E-state index contributed by atoms with van der Waals surface area (Å²) >= 11 is 5.53. The van der Waals surface area contributed by atoms with Gasteiger partial charge in [0.2, 0.25) is 10.0 Å². The summed E-state index contributed by atoms with van der Waals surface area (Å²) in [4.78, 5) is 7.54. The van der Waals surface area contributed by atoms with E-state index >= 15 is 0 Å². The van der Waals surface area contributed by atoms with Crippen LogP contribution in [0.4, 0.5) is 5.82 Å². The lowest BCUT2D eigenvalue weighted by molar-refractivity contribution is 0.597. The van der Waals surface area contributed by atoms with Crippen molar-refractivity contribution in [2.75, 3.05) is 10.5 Å². The zero-order valence-corrected chi connectivity index (χ0v) is 9.42. The van der Waals surface area contributed by atoms with Gasteiger partial charge in [-0.2, -0.15) is 0 Å². The minimum Gasteiger partial charge on any atom is -0.266 e. The average molecular weight is 248 g/mol. The maximum absolute atomic E-state index is 11.5. The molecule has 1 aliphatic carbocycles. The third kappa shape index (κ3) is 3.32. The van der Waals surface area contributed by atoms with Crippen molar-refractivity contribution in [2.24, 2.45) is 5.92 Å². The molecular formula is C8H10ClN3O2S. The van der Waals surface area contributed by atoms with Gasteiger partial charge in [-0.3, -0.25) is 4.72 Å².